The summed E-state index contributed by atoms with van der Waals surface area (Å²) in [7, 11) is -3.66. The van der Waals surface area contributed by atoms with Gasteiger partial charge in [0.25, 0.3) is 0 Å². The van der Waals surface area contributed by atoms with Crippen LogP contribution in [0, 0.1) is 12.8 Å². The number of rotatable bonds is 6. The Balaban J connectivity index is 2.33. The van der Waals surface area contributed by atoms with Crippen LogP contribution >= 0.6 is 15.9 Å². The number of hydrogen-bond acceptors (Lipinski definition) is 3. The number of sulfonamides is 1. The van der Waals surface area contributed by atoms with Crippen molar-refractivity contribution in [2.24, 2.45) is 5.92 Å². The number of aliphatic hydroxyl groups is 1. The number of nitrogens with one attached hydrogen (secondary N) is 1. The van der Waals surface area contributed by atoms with Gasteiger partial charge in [0.05, 0.1) is 10.9 Å². The molecule has 0 saturated carbocycles. The molecule has 4 nitrogen and oxygen atoms in total. The first-order chi connectivity index (χ1) is 10.8. The normalized spacial score (nSPS) is 14.4. The number of aryl methyl sites for hydroxylation is 1. The van der Waals surface area contributed by atoms with E-state index < -0.39 is 16.1 Å². The second-order valence-electron chi connectivity index (χ2n) is 5.62. The topological polar surface area (TPSA) is 66.4 Å². The van der Waals surface area contributed by atoms with Crippen LogP contribution < -0.4 is 4.72 Å². The van der Waals surface area contributed by atoms with Gasteiger partial charge in [-0.25, -0.2) is 13.1 Å². The Morgan fingerprint density at radius 3 is 2.17 bits per heavy atom. The van der Waals surface area contributed by atoms with Crippen LogP contribution in [-0.4, -0.2) is 20.1 Å². The second kappa shape index (κ2) is 7.57. The zero-order chi connectivity index (χ0) is 17.0. The Bertz CT molecular complexity index is 742. The summed E-state index contributed by atoms with van der Waals surface area (Å²) in [6, 6.07) is 13.6. The third kappa shape index (κ3) is 4.64. The van der Waals surface area contributed by atoms with Gasteiger partial charge in [-0.1, -0.05) is 52.7 Å². The third-order valence-electron chi connectivity index (χ3n) is 3.70. The molecule has 0 unspecified atom stereocenters. The molecule has 0 aromatic heterocycles. The van der Waals surface area contributed by atoms with E-state index in [0.29, 0.717) is 0 Å². The monoisotopic (exact) mass is 397 g/mol. The van der Waals surface area contributed by atoms with Gasteiger partial charge in [-0.2, -0.15) is 0 Å². The SMILES string of the molecule is Cc1ccc(S(=O)(=O)N[C@H](c2ccc(Br)cc2)[C@@H](C)CO)cc1. The van der Waals surface area contributed by atoms with Gasteiger partial charge in [-0.3, -0.25) is 0 Å². The predicted octanol–water partition coefficient (Wildman–Crippen LogP) is 3.41. The van der Waals surface area contributed by atoms with Crippen LogP contribution in [-0.2, 0) is 10.0 Å². The minimum Gasteiger partial charge on any atom is -0.396 e. The maximum Gasteiger partial charge on any atom is 0.241 e. The first-order valence-electron chi connectivity index (χ1n) is 7.29. The van der Waals surface area contributed by atoms with Crippen molar-refractivity contribution >= 4 is 26.0 Å². The highest BCUT2D eigenvalue weighted by molar-refractivity contribution is 9.10. The summed E-state index contributed by atoms with van der Waals surface area (Å²) in [5.74, 6) is -0.253. The Morgan fingerprint density at radius 1 is 1.09 bits per heavy atom. The standard InChI is InChI=1S/C17H20BrNO3S/c1-12-3-9-16(10-4-12)23(21,22)19-17(13(2)11-20)14-5-7-15(18)8-6-14/h3-10,13,17,19-20H,11H2,1-2H3/t13-,17-/m0/s1. The van der Waals surface area contributed by atoms with Crippen molar-refractivity contribution in [3.8, 4) is 0 Å². The lowest BCUT2D eigenvalue weighted by Gasteiger charge is -2.24. The largest absolute Gasteiger partial charge is 0.396 e. The van der Waals surface area contributed by atoms with E-state index in [-0.39, 0.29) is 17.4 Å². The zero-order valence-electron chi connectivity index (χ0n) is 13.0. The fraction of sp³-hybridized carbons (Fsp3) is 0.294. The van der Waals surface area contributed by atoms with E-state index in [1.54, 1.807) is 24.3 Å². The lowest BCUT2D eigenvalue weighted by molar-refractivity contribution is 0.211. The molecule has 6 heteroatoms. The molecule has 0 spiro atoms. The second-order valence-corrected chi connectivity index (χ2v) is 8.25. The van der Waals surface area contributed by atoms with Crippen molar-refractivity contribution in [1.82, 2.24) is 4.72 Å². The lowest BCUT2D eigenvalue weighted by Crippen LogP contribution is -2.33. The van der Waals surface area contributed by atoms with Gasteiger partial charge < -0.3 is 5.11 Å². The van der Waals surface area contributed by atoms with E-state index >= 15 is 0 Å². The van der Waals surface area contributed by atoms with Crippen molar-refractivity contribution in [3.05, 3.63) is 64.1 Å². The van der Waals surface area contributed by atoms with E-state index in [9.17, 15) is 13.5 Å². The molecule has 0 radical (unpaired) electrons. The van der Waals surface area contributed by atoms with Crippen molar-refractivity contribution < 1.29 is 13.5 Å². The Kier molecular flexibility index (Phi) is 5.97. The maximum atomic E-state index is 12.6. The molecule has 2 aromatic rings. The van der Waals surface area contributed by atoms with Crippen LogP contribution in [0.5, 0.6) is 0 Å². The fourth-order valence-corrected chi connectivity index (χ4v) is 3.84. The molecule has 0 aliphatic carbocycles. The molecule has 2 aromatic carbocycles. The van der Waals surface area contributed by atoms with E-state index in [1.807, 2.05) is 38.1 Å². The molecule has 0 amide bonds. The number of halogens is 1. The lowest BCUT2D eigenvalue weighted by atomic mass is 9.96. The summed E-state index contributed by atoms with van der Waals surface area (Å²) in [5, 5.41) is 9.48. The van der Waals surface area contributed by atoms with E-state index in [0.717, 1.165) is 15.6 Å². The highest BCUT2D eigenvalue weighted by Gasteiger charge is 2.25. The van der Waals surface area contributed by atoms with Crippen LogP contribution in [0.25, 0.3) is 0 Å². The molecule has 0 aliphatic rings. The van der Waals surface area contributed by atoms with Crippen LogP contribution in [0.3, 0.4) is 0 Å². The molecule has 23 heavy (non-hydrogen) atoms. The van der Waals surface area contributed by atoms with Crippen molar-refractivity contribution in [2.75, 3.05) is 6.61 Å². The molecule has 0 saturated heterocycles. The third-order valence-corrected chi connectivity index (χ3v) is 5.69. The molecule has 2 atom stereocenters. The Hall–Kier alpha value is -1.21. The molecular weight excluding hydrogens is 378 g/mol. The van der Waals surface area contributed by atoms with Crippen molar-refractivity contribution in [3.63, 3.8) is 0 Å². The van der Waals surface area contributed by atoms with Gasteiger partial charge in [-0.15, -0.1) is 0 Å². The van der Waals surface area contributed by atoms with E-state index in [4.69, 9.17) is 0 Å². The highest BCUT2D eigenvalue weighted by atomic mass is 79.9. The first kappa shape index (κ1) is 18.1. The predicted molar refractivity (Wildman–Crippen MR) is 94.6 cm³/mol. The van der Waals surface area contributed by atoms with Gasteiger partial charge in [0.2, 0.25) is 10.0 Å². The molecule has 124 valence electrons. The van der Waals surface area contributed by atoms with Crippen molar-refractivity contribution in [2.45, 2.75) is 24.8 Å². The molecule has 2 rings (SSSR count). The van der Waals surface area contributed by atoms with Gasteiger partial charge in [0.15, 0.2) is 0 Å². The van der Waals surface area contributed by atoms with Crippen molar-refractivity contribution in [1.29, 1.82) is 0 Å². The molecular formula is C17H20BrNO3S. The number of benzene rings is 2. The molecule has 0 heterocycles. The summed E-state index contributed by atoms with van der Waals surface area (Å²) in [6.07, 6.45) is 0. The minimum absolute atomic E-state index is 0.114. The quantitative estimate of drug-likeness (QED) is 0.784. The average Bonchev–Trinajstić information content (AvgIpc) is 2.53. The summed E-state index contributed by atoms with van der Waals surface area (Å²) < 4.78 is 28.9. The molecule has 2 N–H and O–H groups in total. The van der Waals surface area contributed by atoms with Gasteiger partial charge >= 0.3 is 0 Å². The molecule has 0 aliphatic heterocycles. The van der Waals surface area contributed by atoms with Crippen LogP contribution in [0.1, 0.15) is 24.1 Å². The first-order valence-corrected chi connectivity index (χ1v) is 9.56. The van der Waals surface area contributed by atoms with E-state index in [2.05, 4.69) is 20.7 Å². The molecule has 0 bridgehead atoms. The fourth-order valence-electron chi connectivity index (χ4n) is 2.24. The summed E-state index contributed by atoms with van der Waals surface area (Å²) in [5.41, 5.74) is 1.81. The smallest absolute Gasteiger partial charge is 0.241 e. The summed E-state index contributed by atoms with van der Waals surface area (Å²) in [6.45, 7) is 3.60. The summed E-state index contributed by atoms with van der Waals surface area (Å²) >= 11 is 3.37. The average molecular weight is 398 g/mol. The number of aliphatic hydroxyl groups excluding tert-OH is 1. The Morgan fingerprint density at radius 2 is 1.65 bits per heavy atom. The highest BCUT2D eigenvalue weighted by Crippen LogP contribution is 2.26. The van der Waals surface area contributed by atoms with Gasteiger partial charge in [0, 0.05) is 11.1 Å². The zero-order valence-corrected chi connectivity index (χ0v) is 15.4. The maximum absolute atomic E-state index is 12.6. The van der Waals surface area contributed by atoms with Crippen LogP contribution in [0.4, 0.5) is 0 Å². The van der Waals surface area contributed by atoms with Gasteiger partial charge in [0.1, 0.15) is 0 Å². The van der Waals surface area contributed by atoms with Crippen LogP contribution in [0.2, 0.25) is 0 Å². The molecule has 0 fully saturated rings. The van der Waals surface area contributed by atoms with Gasteiger partial charge in [-0.05, 0) is 42.7 Å². The summed E-state index contributed by atoms with van der Waals surface area (Å²) in [4.78, 5) is 0.218. The van der Waals surface area contributed by atoms with E-state index in [1.165, 1.54) is 0 Å². The minimum atomic E-state index is -3.66. The van der Waals surface area contributed by atoms with Crippen LogP contribution in [0.15, 0.2) is 57.9 Å². The number of hydrogen-bond donors (Lipinski definition) is 2. The Labute approximate surface area is 145 Å².